The van der Waals surface area contributed by atoms with Gasteiger partial charge in [0.05, 0.1) is 16.2 Å². The predicted molar refractivity (Wildman–Crippen MR) is 168 cm³/mol. The number of sulfonamides is 1. The summed E-state index contributed by atoms with van der Waals surface area (Å²) in [6.07, 6.45) is 1.48. The van der Waals surface area contributed by atoms with Gasteiger partial charge in [-0.3, -0.25) is 14.4 Å². The van der Waals surface area contributed by atoms with Gasteiger partial charge >= 0.3 is 0 Å². The van der Waals surface area contributed by atoms with Crippen molar-refractivity contribution in [1.29, 1.82) is 0 Å². The molecule has 4 rings (SSSR count). The minimum Gasteiger partial charge on any atom is -0.325 e. The number of rotatable bonds is 10. The molecule has 3 amide bonds. The Labute approximate surface area is 259 Å². The Kier molecular flexibility index (Phi) is 10.5. The molecule has 0 radical (unpaired) electrons. The SMILES string of the molecule is NS(=O)(=O)c1ccc(NC(=O)CSc2ccc(NC(=O)C(=Cc3ccc(Br)cc3)NC(=O)c3ccccc3F)cc2)cc1. The van der Waals surface area contributed by atoms with E-state index in [-0.39, 0.29) is 27.8 Å². The van der Waals surface area contributed by atoms with Crippen LogP contribution >= 0.6 is 27.7 Å². The second-order valence-corrected chi connectivity index (χ2v) is 12.5. The quantitative estimate of drug-likeness (QED) is 0.131. The second kappa shape index (κ2) is 14.2. The number of hydrogen-bond acceptors (Lipinski definition) is 6. The molecule has 9 nitrogen and oxygen atoms in total. The van der Waals surface area contributed by atoms with Gasteiger partial charge in [-0.05, 0) is 84.4 Å². The molecule has 0 aliphatic carbocycles. The first kappa shape index (κ1) is 31.6. The number of primary sulfonamides is 1. The fourth-order valence-electron chi connectivity index (χ4n) is 3.63. The molecule has 0 fully saturated rings. The van der Waals surface area contributed by atoms with Crippen molar-refractivity contribution < 1.29 is 27.2 Å². The number of benzene rings is 4. The molecule has 4 aromatic carbocycles. The van der Waals surface area contributed by atoms with Crippen LogP contribution in [0.1, 0.15) is 15.9 Å². The van der Waals surface area contributed by atoms with Crippen LogP contribution < -0.4 is 21.1 Å². The van der Waals surface area contributed by atoms with E-state index < -0.39 is 27.7 Å². The lowest BCUT2D eigenvalue weighted by Crippen LogP contribution is -2.31. The highest BCUT2D eigenvalue weighted by Gasteiger charge is 2.17. The van der Waals surface area contributed by atoms with Gasteiger partial charge in [-0.2, -0.15) is 0 Å². The van der Waals surface area contributed by atoms with E-state index in [9.17, 15) is 27.2 Å². The van der Waals surface area contributed by atoms with Gasteiger partial charge in [0.1, 0.15) is 11.5 Å². The highest BCUT2D eigenvalue weighted by Crippen LogP contribution is 2.22. The summed E-state index contributed by atoms with van der Waals surface area (Å²) < 4.78 is 37.7. The summed E-state index contributed by atoms with van der Waals surface area (Å²) in [4.78, 5) is 39.0. The molecule has 13 heteroatoms. The van der Waals surface area contributed by atoms with Crippen molar-refractivity contribution in [2.75, 3.05) is 16.4 Å². The summed E-state index contributed by atoms with van der Waals surface area (Å²) in [6.45, 7) is 0. The fraction of sp³-hybridized carbons (Fsp3) is 0.0333. The number of nitrogens with one attached hydrogen (secondary N) is 3. The van der Waals surface area contributed by atoms with Crippen molar-refractivity contribution in [3.05, 3.63) is 124 Å². The summed E-state index contributed by atoms with van der Waals surface area (Å²) in [5, 5.41) is 13.0. The van der Waals surface area contributed by atoms with Gasteiger partial charge < -0.3 is 16.0 Å². The summed E-state index contributed by atoms with van der Waals surface area (Å²) in [6, 6.07) is 24.7. The van der Waals surface area contributed by atoms with Crippen LogP contribution in [0.15, 0.2) is 117 Å². The Morgan fingerprint density at radius 1 is 0.837 bits per heavy atom. The standard InChI is InChI=1S/C30H24BrFN4O5S2/c31-20-7-5-19(6-8-20)17-27(36-29(38)25-3-1-2-4-26(25)32)30(39)35-22-9-13-23(14-10-22)42-18-28(37)34-21-11-15-24(16-12-21)43(33,40)41/h1-17H,18H2,(H,34,37)(H,35,39)(H,36,38)(H2,33,40,41). The van der Waals surface area contributed by atoms with Gasteiger partial charge in [-0.15, -0.1) is 11.8 Å². The largest absolute Gasteiger partial charge is 0.325 e. The number of amides is 3. The molecule has 0 aromatic heterocycles. The van der Waals surface area contributed by atoms with E-state index in [0.29, 0.717) is 16.9 Å². The van der Waals surface area contributed by atoms with Crippen molar-refractivity contribution in [3.8, 4) is 0 Å². The summed E-state index contributed by atoms with van der Waals surface area (Å²) >= 11 is 4.60. The van der Waals surface area contributed by atoms with Crippen molar-refractivity contribution >= 4 is 72.9 Å². The van der Waals surface area contributed by atoms with E-state index in [1.165, 1.54) is 60.3 Å². The lowest BCUT2D eigenvalue weighted by Gasteiger charge is -2.12. The molecule has 43 heavy (non-hydrogen) atoms. The van der Waals surface area contributed by atoms with E-state index in [2.05, 4.69) is 31.9 Å². The molecular weight excluding hydrogens is 659 g/mol. The first-order chi connectivity index (χ1) is 20.5. The Morgan fingerprint density at radius 3 is 2.07 bits per heavy atom. The summed E-state index contributed by atoms with van der Waals surface area (Å²) in [5.74, 6) is -2.35. The van der Waals surface area contributed by atoms with Crippen LogP contribution in [0.4, 0.5) is 15.8 Å². The third kappa shape index (κ3) is 9.35. The summed E-state index contributed by atoms with van der Waals surface area (Å²) in [7, 11) is -3.82. The highest BCUT2D eigenvalue weighted by atomic mass is 79.9. The van der Waals surface area contributed by atoms with E-state index in [1.54, 1.807) is 48.5 Å². The number of halogens is 2. The second-order valence-electron chi connectivity index (χ2n) is 8.93. The maximum absolute atomic E-state index is 14.2. The smallest absolute Gasteiger partial charge is 0.272 e. The Bertz CT molecular complexity index is 1780. The molecule has 0 bridgehead atoms. The van der Waals surface area contributed by atoms with E-state index >= 15 is 0 Å². The van der Waals surface area contributed by atoms with Gasteiger partial charge in [0.15, 0.2) is 0 Å². The van der Waals surface area contributed by atoms with Gasteiger partial charge in [-0.25, -0.2) is 17.9 Å². The van der Waals surface area contributed by atoms with Crippen LogP contribution in [-0.4, -0.2) is 31.9 Å². The molecule has 0 spiro atoms. The van der Waals surface area contributed by atoms with Gasteiger partial charge in [0, 0.05) is 20.7 Å². The molecular formula is C30H24BrFN4O5S2. The van der Waals surface area contributed by atoms with Crippen LogP contribution in [0.3, 0.4) is 0 Å². The zero-order chi connectivity index (χ0) is 31.0. The van der Waals surface area contributed by atoms with Crippen LogP contribution in [0, 0.1) is 5.82 Å². The molecule has 0 unspecified atom stereocenters. The third-order valence-corrected chi connectivity index (χ3v) is 8.21. The number of anilines is 2. The first-order valence-electron chi connectivity index (χ1n) is 12.5. The van der Waals surface area contributed by atoms with Gasteiger partial charge in [-0.1, -0.05) is 40.2 Å². The number of thioether (sulfide) groups is 1. The van der Waals surface area contributed by atoms with Gasteiger partial charge in [0.2, 0.25) is 15.9 Å². The molecule has 220 valence electrons. The molecule has 0 aliphatic rings. The Hall–Kier alpha value is -4.30. The van der Waals surface area contributed by atoms with E-state index in [4.69, 9.17) is 5.14 Å². The predicted octanol–water partition coefficient (Wildman–Crippen LogP) is 5.38. The average molecular weight is 684 g/mol. The lowest BCUT2D eigenvalue weighted by atomic mass is 10.1. The molecule has 0 aliphatic heterocycles. The topological polar surface area (TPSA) is 147 Å². The number of carbonyl (C=O) groups excluding carboxylic acids is 3. The monoisotopic (exact) mass is 682 g/mol. The zero-order valence-electron chi connectivity index (χ0n) is 22.2. The molecule has 4 aromatic rings. The molecule has 0 heterocycles. The van der Waals surface area contributed by atoms with Crippen molar-refractivity contribution in [1.82, 2.24) is 5.32 Å². The molecule has 0 saturated heterocycles. The fourth-order valence-corrected chi connectivity index (χ4v) is 5.10. The molecule has 0 saturated carbocycles. The third-order valence-electron chi connectivity index (χ3n) is 5.74. The van der Waals surface area contributed by atoms with Crippen molar-refractivity contribution in [2.45, 2.75) is 9.79 Å². The van der Waals surface area contributed by atoms with Crippen LogP contribution in [0.2, 0.25) is 0 Å². The van der Waals surface area contributed by atoms with E-state index in [1.807, 2.05) is 0 Å². The number of carbonyl (C=O) groups is 3. The maximum Gasteiger partial charge on any atom is 0.272 e. The number of hydrogen-bond donors (Lipinski definition) is 4. The van der Waals surface area contributed by atoms with Gasteiger partial charge in [0.25, 0.3) is 11.8 Å². The average Bonchev–Trinajstić information content (AvgIpc) is 2.97. The molecule has 5 N–H and O–H groups in total. The molecule has 0 atom stereocenters. The highest BCUT2D eigenvalue weighted by molar-refractivity contribution is 9.10. The first-order valence-corrected chi connectivity index (χ1v) is 15.8. The summed E-state index contributed by atoms with van der Waals surface area (Å²) in [5.41, 5.74) is 1.18. The zero-order valence-corrected chi connectivity index (χ0v) is 25.4. The Balaban J connectivity index is 1.39. The Morgan fingerprint density at radius 2 is 1.44 bits per heavy atom. The van der Waals surface area contributed by atoms with Crippen molar-refractivity contribution in [3.63, 3.8) is 0 Å². The normalized spacial score (nSPS) is 11.5. The minimum atomic E-state index is -3.82. The number of nitrogens with two attached hydrogens (primary N) is 1. The van der Waals surface area contributed by atoms with Crippen LogP contribution in [0.25, 0.3) is 6.08 Å². The van der Waals surface area contributed by atoms with Crippen LogP contribution in [0.5, 0.6) is 0 Å². The minimum absolute atomic E-state index is 0.0598. The van der Waals surface area contributed by atoms with Crippen LogP contribution in [-0.2, 0) is 19.6 Å². The van der Waals surface area contributed by atoms with E-state index in [0.717, 1.165) is 15.4 Å². The maximum atomic E-state index is 14.2. The lowest BCUT2D eigenvalue weighted by molar-refractivity contribution is -0.114. The van der Waals surface area contributed by atoms with Crippen molar-refractivity contribution in [2.24, 2.45) is 5.14 Å².